The van der Waals surface area contributed by atoms with Crippen LogP contribution in [-0.2, 0) is 23.8 Å². The predicted molar refractivity (Wildman–Crippen MR) is 84.7 cm³/mol. The highest BCUT2D eigenvalue weighted by Gasteiger charge is 2.60. The van der Waals surface area contributed by atoms with Gasteiger partial charge >= 0.3 is 11.9 Å². The van der Waals surface area contributed by atoms with Gasteiger partial charge in [0.05, 0.1) is 24.0 Å². The highest BCUT2D eigenvalue weighted by atomic mass is 32.1. The van der Waals surface area contributed by atoms with Gasteiger partial charge < -0.3 is 14.2 Å². The van der Waals surface area contributed by atoms with Crippen molar-refractivity contribution in [3.8, 4) is 0 Å². The smallest absolute Gasteiger partial charge is 0.313 e. The number of hydrogen-bond acceptors (Lipinski definition) is 6. The molecule has 22 heavy (non-hydrogen) atoms. The van der Waals surface area contributed by atoms with E-state index in [2.05, 4.69) is 12.6 Å². The molecule has 6 heteroatoms. The molecule has 126 valence electrons. The van der Waals surface area contributed by atoms with Gasteiger partial charge in [-0.25, -0.2) is 0 Å². The van der Waals surface area contributed by atoms with E-state index in [-0.39, 0.29) is 17.5 Å². The van der Waals surface area contributed by atoms with E-state index in [4.69, 9.17) is 14.2 Å². The molecule has 0 spiro atoms. The lowest BCUT2D eigenvalue weighted by molar-refractivity contribution is -0.173. The third-order valence-electron chi connectivity index (χ3n) is 3.68. The van der Waals surface area contributed by atoms with E-state index in [1.165, 1.54) is 0 Å². The second-order valence-corrected chi connectivity index (χ2v) is 8.72. The van der Waals surface area contributed by atoms with Gasteiger partial charge in [-0.05, 0) is 48.0 Å². The minimum absolute atomic E-state index is 0.0544. The lowest BCUT2D eigenvalue weighted by Gasteiger charge is -2.32. The summed E-state index contributed by atoms with van der Waals surface area (Å²) in [5, 5.41) is -0.0544. The number of esters is 2. The quantitative estimate of drug-likeness (QED) is 0.622. The van der Waals surface area contributed by atoms with E-state index in [1.807, 2.05) is 20.8 Å². The van der Waals surface area contributed by atoms with Crippen molar-refractivity contribution in [1.82, 2.24) is 0 Å². The average molecular weight is 330 g/mol. The normalized spacial score (nSPS) is 34.6. The highest BCUT2D eigenvalue weighted by molar-refractivity contribution is 7.81. The van der Waals surface area contributed by atoms with Crippen LogP contribution in [0.5, 0.6) is 0 Å². The number of ether oxygens (including phenoxy) is 3. The van der Waals surface area contributed by atoms with Crippen LogP contribution in [0.25, 0.3) is 0 Å². The van der Waals surface area contributed by atoms with E-state index in [1.54, 1.807) is 20.8 Å². The van der Waals surface area contributed by atoms with Crippen molar-refractivity contribution in [2.75, 3.05) is 0 Å². The summed E-state index contributed by atoms with van der Waals surface area (Å²) in [5.41, 5.74) is -1.21. The molecule has 2 aliphatic heterocycles. The van der Waals surface area contributed by atoms with Gasteiger partial charge in [-0.3, -0.25) is 9.59 Å². The number of carbonyl (C=O) groups is 2. The maximum atomic E-state index is 12.5. The van der Waals surface area contributed by atoms with Crippen LogP contribution in [-0.4, -0.2) is 40.6 Å². The van der Waals surface area contributed by atoms with Crippen LogP contribution in [0, 0.1) is 11.8 Å². The lowest BCUT2D eigenvalue weighted by Crippen LogP contribution is -2.46. The maximum absolute atomic E-state index is 12.5. The molecule has 0 aromatic heterocycles. The first-order valence-electron chi connectivity index (χ1n) is 7.68. The molecule has 2 rings (SSSR count). The summed E-state index contributed by atoms with van der Waals surface area (Å²) in [7, 11) is 0. The zero-order chi connectivity index (χ0) is 16.9. The second kappa shape index (κ2) is 5.71. The molecule has 0 saturated carbocycles. The third kappa shape index (κ3) is 3.77. The van der Waals surface area contributed by atoms with E-state index in [0.29, 0.717) is 6.42 Å². The van der Waals surface area contributed by atoms with Crippen LogP contribution >= 0.6 is 12.6 Å². The van der Waals surface area contributed by atoms with Crippen LogP contribution in [0.4, 0.5) is 0 Å². The molecule has 2 fully saturated rings. The molecular formula is C16H26O5S. The summed E-state index contributed by atoms with van der Waals surface area (Å²) < 4.78 is 16.7. The Bertz CT molecular complexity index is 462. The number of carbonyl (C=O) groups excluding carboxylic acids is 2. The molecule has 2 aliphatic rings. The zero-order valence-electron chi connectivity index (χ0n) is 14.1. The zero-order valence-corrected chi connectivity index (χ0v) is 15.0. The van der Waals surface area contributed by atoms with Crippen LogP contribution in [0.1, 0.15) is 48.0 Å². The van der Waals surface area contributed by atoms with Crippen LogP contribution in [0.2, 0.25) is 0 Å². The van der Waals surface area contributed by atoms with Crippen molar-refractivity contribution in [1.29, 1.82) is 0 Å². The summed E-state index contributed by atoms with van der Waals surface area (Å²) >= 11 is 4.47. The van der Waals surface area contributed by atoms with E-state index < -0.39 is 35.0 Å². The number of fused-ring (bicyclic) bond motifs is 2. The minimum Gasteiger partial charge on any atom is -0.460 e. The van der Waals surface area contributed by atoms with E-state index in [0.717, 1.165) is 0 Å². The molecule has 0 N–H and O–H groups in total. The van der Waals surface area contributed by atoms with Crippen molar-refractivity contribution in [3.05, 3.63) is 0 Å². The largest absolute Gasteiger partial charge is 0.460 e. The Balaban J connectivity index is 2.20. The van der Waals surface area contributed by atoms with Crippen LogP contribution < -0.4 is 0 Å². The number of rotatable bonds is 2. The predicted octanol–water partition coefficient (Wildman–Crippen LogP) is 2.37. The first-order chi connectivity index (χ1) is 9.89. The second-order valence-electron chi connectivity index (χ2n) is 8.06. The van der Waals surface area contributed by atoms with Crippen molar-refractivity contribution >= 4 is 24.6 Å². The van der Waals surface area contributed by atoms with Gasteiger partial charge in [0.2, 0.25) is 0 Å². The van der Waals surface area contributed by atoms with E-state index >= 15 is 0 Å². The lowest BCUT2D eigenvalue weighted by atomic mass is 9.78. The van der Waals surface area contributed by atoms with Crippen LogP contribution in [0.3, 0.4) is 0 Å². The van der Waals surface area contributed by atoms with Gasteiger partial charge in [0.25, 0.3) is 0 Å². The molecular weight excluding hydrogens is 304 g/mol. The summed E-state index contributed by atoms with van der Waals surface area (Å²) in [6, 6.07) is 0. The fourth-order valence-electron chi connectivity index (χ4n) is 3.03. The first kappa shape index (κ1) is 17.6. The minimum atomic E-state index is -0.643. The Morgan fingerprint density at radius 3 is 1.86 bits per heavy atom. The molecule has 0 aromatic rings. The average Bonchev–Trinajstić information content (AvgIpc) is 2.79. The van der Waals surface area contributed by atoms with Crippen molar-refractivity contribution in [3.63, 3.8) is 0 Å². The van der Waals surface area contributed by atoms with Gasteiger partial charge in [0.15, 0.2) is 0 Å². The van der Waals surface area contributed by atoms with Gasteiger partial charge in [0, 0.05) is 5.25 Å². The van der Waals surface area contributed by atoms with Gasteiger partial charge in [-0.15, -0.1) is 0 Å². The molecule has 5 atom stereocenters. The Hall–Kier alpha value is -0.750. The number of hydrogen-bond donors (Lipinski definition) is 1. The molecule has 2 heterocycles. The molecule has 2 bridgehead atoms. The van der Waals surface area contributed by atoms with Crippen LogP contribution in [0.15, 0.2) is 0 Å². The Morgan fingerprint density at radius 1 is 0.955 bits per heavy atom. The molecule has 0 radical (unpaired) electrons. The Morgan fingerprint density at radius 2 is 1.41 bits per heavy atom. The third-order valence-corrected chi connectivity index (χ3v) is 4.19. The van der Waals surface area contributed by atoms with Gasteiger partial charge in [-0.1, -0.05) is 0 Å². The van der Waals surface area contributed by atoms with Crippen molar-refractivity contribution in [2.45, 2.75) is 76.6 Å². The maximum Gasteiger partial charge on any atom is 0.313 e. The number of thiol groups is 1. The first-order valence-corrected chi connectivity index (χ1v) is 8.20. The van der Waals surface area contributed by atoms with Crippen molar-refractivity contribution in [2.24, 2.45) is 11.8 Å². The van der Waals surface area contributed by atoms with Crippen molar-refractivity contribution < 1.29 is 23.8 Å². The van der Waals surface area contributed by atoms with Gasteiger partial charge in [-0.2, -0.15) is 12.6 Å². The highest BCUT2D eigenvalue weighted by Crippen LogP contribution is 2.47. The molecule has 0 amide bonds. The Kier molecular flexibility index (Phi) is 4.57. The van der Waals surface area contributed by atoms with Gasteiger partial charge in [0.1, 0.15) is 11.2 Å². The standard InChI is InChI=1S/C16H26O5S/c1-15(2,3)20-13(17)10-8-7-9(22)12(19-8)11(10)14(18)21-16(4,5)6/h8-12,22H,7H2,1-6H3. The Labute approximate surface area is 137 Å². The fourth-order valence-corrected chi connectivity index (χ4v) is 3.49. The summed E-state index contributed by atoms with van der Waals surface area (Å²) in [5.74, 6) is -2.05. The summed E-state index contributed by atoms with van der Waals surface area (Å²) in [6.45, 7) is 10.8. The summed E-state index contributed by atoms with van der Waals surface area (Å²) in [4.78, 5) is 25.0. The summed E-state index contributed by atoms with van der Waals surface area (Å²) in [6.07, 6.45) is -0.0580. The monoisotopic (exact) mass is 330 g/mol. The SMILES string of the molecule is CC(C)(C)OC(=O)C1C2CC(S)C(O2)C1C(=O)OC(C)(C)C. The fraction of sp³-hybridized carbons (Fsp3) is 0.875. The molecule has 5 nitrogen and oxygen atoms in total. The molecule has 0 aliphatic carbocycles. The molecule has 2 saturated heterocycles. The van der Waals surface area contributed by atoms with E-state index in [9.17, 15) is 9.59 Å². The molecule has 5 unspecified atom stereocenters. The molecule has 0 aromatic carbocycles. The topological polar surface area (TPSA) is 61.8 Å².